The Bertz CT molecular complexity index is 359. The molecule has 1 N–H and O–H groups in total. The van der Waals surface area contributed by atoms with Crippen LogP contribution in [0.3, 0.4) is 0 Å². The van der Waals surface area contributed by atoms with E-state index < -0.39 is 0 Å². The van der Waals surface area contributed by atoms with Crippen molar-refractivity contribution in [3.63, 3.8) is 0 Å². The van der Waals surface area contributed by atoms with Gasteiger partial charge in [0.25, 0.3) is 0 Å². The van der Waals surface area contributed by atoms with Crippen LogP contribution in [0.1, 0.15) is 24.2 Å². The van der Waals surface area contributed by atoms with Crippen LogP contribution in [0.25, 0.3) is 0 Å². The summed E-state index contributed by atoms with van der Waals surface area (Å²) < 4.78 is 6.73. The molecular weight excluding hydrogens is 182 g/mol. The van der Waals surface area contributed by atoms with Crippen molar-refractivity contribution < 1.29 is 9.53 Å². The standard InChI is InChI=1S/C9H13N3O2/c1-3-14-9(13)8-6-4-11-12(2)7(6)5-10-8/h4,8,10H,3,5H2,1-2H3. The summed E-state index contributed by atoms with van der Waals surface area (Å²) in [4.78, 5) is 11.5. The molecule has 76 valence electrons. The van der Waals surface area contributed by atoms with E-state index in [1.807, 2.05) is 7.05 Å². The molecule has 0 saturated carbocycles. The number of nitrogens with one attached hydrogen (secondary N) is 1. The second-order valence-electron chi connectivity index (χ2n) is 3.24. The van der Waals surface area contributed by atoms with Crippen LogP contribution < -0.4 is 5.32 Å². The van der Waals surface area contributed by atoms with Gasteiger partial charge < -0.3 is 4.74 Å². The Morgan fingerprint density at radius 3 is 3.36 bits per heavy atom. The Morgan fingerprint density at radius 2 is 2.64 bits per heavy atom. The lowest BCUT2D eigenvalue weighted by atomic mass is 10.2. The van der Waals surface area contributed by atoms with Gasteiger partial charge in [0.2, 0.25) is 0 Å². The summed E-state index contributed by atoms with van der Waals surface area (Å²) in [5.41, 5.74) is 1.99. The van der Waals surface area contributed by atoms with E-state index in [2.05, 4.69) is 10.4 Å². The number of nitrogens with zero attached hydrogens (tertiary/aromatic N) is 2. The van der Waals surface area contributed by atoms with Crippen LogP contribution >= 0.6 is 0 Å². The summed E-state index contributed by atoms with van der Waals surface area (Å²) in [6.07, 6.45) is 1.72. The molecule has 5 nitrogen and oxygen atoms in total. The normalized spacial score (nSPS) is 19.4. The number of esters is 1. The lowest BCUT2D eigenvalue weighted by Gasteiger charge is -2.08. The van der Waals surface area contributed by atoms with Crippen LogP contribution in [0.4, 0.5) is 0 Å². The molecule has 0 aliphatic carbocycles. The number of hydrogen-bond donors (Lipinski definition) is 1. The van der Waals surface area contributed by atoms with Gasteiger partial charge in [-0.1, -0.05) is 0 Å². The van der Waals surface area contributed by atoms with Crippen LogP contribution in [0.2, 0.25) is 0 Å². The first-order valence-electron chi connectivity index (χ1n) is 4.64. The van der Waals surface area contributed by atoms with Gasteiger partial charge in [0.05, 0.1) is 18.5 Å². The van der Waals surface area contributed by atoms with Gasteiger partial charge in [-0.2, -0.15) is 5.10 Å². The summed E-state index contributed by atoms with van der Waals surface area (Å²) in [6.45, 7) is 2.89. The minimum atomic E-state index is -0.335. The lowest BCUT2D eigenvalue weighted by molar-refractivity contribution is -0.145. The maximum atomic E-state index is 11.5. The number of carbonyl (C=O) groups is 1. The fourth-order valence-electron chi connectivity index (χ4n) is 1.68. The number of aryl methyl sites for hydroxylation is 1. The zero-order chi connectivity index (χ0) is 10.1. The predicted molar refractivity (Wildman–Crippen MR) is 49.4 cm³/mol. The van der Waals surface area contributed by atoms with E-state index >= 15 is 0 Å². The number of fused-ring (bicyclic) bond motifs is 1. The zero-order valence-electron chi connectivity index (χ0n) is 8.28. The molecular formula is C9H13N3O2. The van der Waals surface area contributed by atoms with Gasteiger partial charge >= 0.3 is 5.97 Å². The number of carbonyl (C=O) groups excluding carboxylic acids is 1. The van der Waals surface area contributed by atoms with Gasteiger partial charge in [-0.05, 0) is 6.92 Å². The quantitative estimate of drug-likeness (QED) is 0.681. The van der Waals surface area contributed by atoms with E-state index in [1.165, 1.54) is 0 Å². The third-order valence-electron chi connectivity index (χ3n) is 2.40. The minimum absolute atomic E-state index is 0.223. The highest BCUT2D eigenvalue weighted by atomic mass is 16.5. The van der Waals surface area contributed by atoms with Gasteiger partial charge in [0.1, 0.15) is 6.04 Å². The molecule has 1 unspecified atom stereocenters. The number of aromatic nitrogens is 2. The first-order chi connectivity index (χ1) is 6.74. The molecule has 0 amide bonds. The molecule has 1 aliphatic heterocycles. The second-order valence-corrected chi connectivity index (χ2v) is 3.24. The van der Waals surface area contributed by atoms with E-state index in [-0.39, 0.29) is 12.0 Å². The Hall–Kier alpha value is -1.36. The molecule has 1 aromatic heterocycles. The Balaban J connectivity index is 2.21. The molecule has 0 fully saturated rings. The Kier molecular flexibility index (Phi) is 2.25. The molecule has 2 heterocycles. The molecule has 1 atom stereocenters. The summed E-state index contributed by atoms with van der Waals surface area (Å²) in [7, 11) is 1.87. The van der Waals surface area contributed by atoms with Crippen molar-refractivity contribution in [3.05, 3.63) is 17.5 Å². The van der Waals surface area contributed by atoms with Gasteiger partial charge in [-0.15, -0.1) is 0 Å². The lowest BCUT2D eigenvalue weighted by Crippen LogP contribution is -2.24. The largest absolute Gasteiger partial charge is 0.465 e. The molecule has 1 aliphatic rings. The summed E-state index contributed by atoms with van der Waals surface area (Å²) in [5, 5.41) is 7.19. The minimum Gasteiger partial charge on any atom is -0.465 e. The molecule has 0 aromatic carbocycles. The maximum absolute atomic E-state index is 11.5. The molecule has 14 heavy (non-hydrogen) atoms. The average Bonchev–Trinajstić information content (AvgIpc) is 2.69. The molecule has 0 spiro atoms. The van der Waals surface area contributed by atoms with Crippen molar-refractivity contribution in [2.24, 2.45) is 7.05 Å². The highest BCUT2D eigenvalue weighted by Gasteiger charge is 2.31. The molecule has 0 saturated heterocycles. The first-order valence-corrected chi connectivity index (χ1v) is 4.64. The fourth-order valence-corrected chi connectivity index (χ4v) is 1.68. The van der Waals surface area contributed by atoms with Gasteiger partial charge in [0.15, 0.2) is 0 Å². The van der Waals surface area contributed by atoms with Crippen LogP contribution in [0.5, 0.6) is 0 Å². The summed E-state index contributed by atoms with van der Waals surface area (Å²) in [5.74, 6) is -0.223. The average molecular weight is 195 g/mol. The van der Waals surface area contributed by atoms with E-state index in [9.17, 15) is 4.79 Å². The third kappa shape index (κ3) is 1.29. The van der Waals surface area contributed by atoms with Gasteiger partial charge in [-0.3, -0.25) is 10.00 Å². The van der Waals surface area contributed by atoms with Gasteiger partial charge in [-0.25, -0.2) is 4.79 Å². The predicted octanol–water partition coefficient (Wildman–Crippen LogP) is 0.127. The van der Waals surface area contributed by atoms with Crippen LogP contribution in [-0.2, 0) is 23.1 Å². The third-order valence-corrected chi connectivity index (χ3v) is 2.40. The molecule has 2 rings (SSSR count). The van der Waals surface area contributed by atoms with Crippen molar-refractivity contribution in [3.8, 4) is 0 Å². The van der Waals surface area contributed by atoms with Crippen molar-refractivity contribution in [2.45, 2.75) is 19.5 Å². The number of hydrogen-bond acceptors (Lipinski definition) is 4. The van der Waals surface area contributed by atoms with E-state index in [4.69, 9.17) is 4.74 Å². The highest BCUT2D eigenvalue weighted by Crippen LogP contribution is 2.25. The monoisotopic (exact) mass is 195 g/mol. The Labute approximate surface area is 82.0 Å². The second kappa shape index (κ2) is 3.42. The van der Waals surface area contributed by atoms with Crippen LogP contribution in [0, 0.1) is 0 Å². The van der Waals surface area contributed by atoms with E-state index in [0.717, 1.165) is 11.3 Å². The van der Waals surface area contributed by atoms with Crippen LogP contribution in [0.15, 0.2) is 6.20 Å². The van der Waals surface area contributed by atoms with Crippen molar-refractivity contribution in [2.75, 3.05) is 6.61 Å². The fraction of sp³-hybridized carbons (Fsp3) is 0.556. The van der Waals surface area contributed by atoms with Crippen LogP contribution in [-0.4, -0.2) is 22.4 Å². The summed E-state index contributed by atoms with van der Waals surface area (Å²) >= 11 is 0. The summed E-state index contributed by atoms with van der Waals surface area (Å²) in [6, 6.07) is -0.335. The first kappa shape index (κ1) is 9.21. The molecule has 0 bridgehead atoms. The molecule has 5 heteroatoms. The van der Waals surface area contributed by atoms with Gasteiger partial charge in [0, 0.05) is 19.2 Å². The van der Waals surface area contributed by atoms with Crippen molar-refractivity contribution in [1.82, 2.24) is 15.1 Å². The Morgan fingerprint density at radius 1 is 1.86 bits per heavy atom. The topological polar surface area (TPSA) is 56.1 Å². The smallest absolute Gasteiger partial charge is 0.327 e. The van der Waals surface area contributed by atoms with E-state index in [0.29, 0.717) is 13.2 Å². The number of rotatable bonds is 2. The zero-order valence-corrected chi connectivity index (χ0v) is 8.28. The molecule has 0 radical (unpaired) electrons. The molecule has 1 aromatic rings. The van der Waals surface area contributed by atoms with E-state index in [1.54, 1.807) is 17.8 Å². The highest BCUT2D eigenvalue weighted by molar-refractivity contribution is 5.78. The van der Waals surface area contributed by atoms with Crippen molar-refractivity contribution >= 4 is 5.97 Å². The maximum Gasteiger partial charge on any atom is 0.327 e. The number of ether oxygens (including phenoxy) is 1. The SMILES string of the molecule is CCOC(=O)C1NCc2c1cnn2C. The van der Waals surface area contributed by atoms with Crippen molar-refractivity contribution in [1.29, 1.82) is 0 Å².